The second-order valence-electron chi connectivity index (χ2n) is 4.41. The fourth-order valence-corrected chi connectivity index (χ4v) is 2.09. The highest BCUT2D eigenvalue weighted by Gasteiger charge is 2.19. The molecule has 0 saturated carbocycles. The Balaban J connectivity index is 2.02. The Kier molecular flexibility index (Phi) is 4.58. The zero-order valence-corrected chi connectivity index (χ0v) is 11.5. The molecule has 2 aromatic carbocycles. The van der Waals surface area contributed by atoms with Crippen molar-refractivity contribution in [3.05, 3.63) is 71.8 Å². The standard InChI is InChI=1S/C16H16ClNO/c1-12(13-8-4-2-5-9-13)18-16(19)15(17)14-10-6-3-7-11-14/h2-12,15H,1H3,(H,18,19)/t12-,15?/m0/s1. The molecule has 0 radical (unpaired) electrons. The lowest BCUT2D eigenvalue weighted by Gasteiger charge is -2.17. The van der Waals surface area contributed by atoms with Crippen molar-refractivity contribution in [2.75, 3.05) is 0 Å². The second-order valence-corrected chi connectivity index (χ2v) is 4.85. The van der Waals surface area contributed by atoms with Gasteiger partial charge in [0.15, 0.2) is 0 Å². The Morgan fingerprint density at radius 1 is 0.947 bits per heavy atom. The summed E-state index contributed by atoms with van der Waals surface area (Å²) in [5, 5.41) is 2.26. The monoisotopic (exact) mass is 273 g/mol. The van der Waals surface area contributed by atoms with Gasteiger partial charge in [-0.2, -0.15) is 0 Å². The van der Waals surface area contributed by atoms with E-state index in [1.807, 2.05) is 67.6 Å². The number of hydrogen-bond acceptors (Lipinski definition) is 1. The second kappa shape index (κ2) is 6.39. The molecule has 2 aromatic rings. The van der Waals surface area contributed by atoms with Gasteiger partial charge >= 0.3 is 0 Å². The summed E-state index contributed by atoms with van der Waals surface area (Å²) in [4.78, 5) is 12.1. The normalized spacial score (nSPS) is 13.6. The average molecular weight is 274 g/mol. The van der Waals surface area contributed by atoms with Gasteiger partial charge in [0.1, 0.15) is 5.38 Å². The van der Waals surface area contributed by atoms with E-state index in [0.717, 1.165) is 11.1 Å². The molecule has 1 amide bonds. The van der Waals surface area contributed by atoms with E-state index in [0.29, 0.717) is 0 Å². The van der Waals surface area contributed by atoms with Crippen LogP contribution in [-0.4, -0.2) is 5.91 Å². The van der Waals surface area contributed by atoms with E-state index in [2.05, 4.69) is 5.32 Å². The lowest BCUT2D eigenvalue weighted by molar-refractivity contribution is -0.121. The van der Waals surface area contributed by atoms with Gasteiger partial charge in [-0.1, -0.05) is 60.7 Å². The molecule has 0 aromatic heterocycles. The van der Waals surface area contributed by atoms with Crippen LogP contribution in [0.4, 0.5) is 0 Å². The largest absolute Gasteiger partial charge is 0.348 e. The Morgan fingerprint density at radius 2 is 1.42 bits per heavy atom. The van der Waals surface area contributed by atoms with E-state index in [1.54, 1.807) is 0 Å². The van der Waals surface area contributed by atoms with Gasteiger partial charge in [-0.05, 0) is 18.1 Å². The lowest BCUT2D eigenvalue weighted by atomic mass is 10.1. The number of nitrogens with one attached hydrogen (secondary N) is 1. The predicted molar refractivity (Wildman–Crippen MR) is 78.0 cm³/mol. The molecule has 0 aliphatic carbocycles. The summed E-state index contributed by atoms with van der Waals surface area (Å²) in [6, 6.07) is 19.1. The number of rotatable bonds is 4. The number of halogens is 1. The molecule has 2 nitrogen and oxygen atoms in total. The molecule has 1 N–H and O–H groups in total. The number of amides is 1. The molecule has 98 valence electrons. The van der Waals surface area contributed by atoms with Crippen LogP contribution in [-0.2, 0) is 4.79 Å². The molecule has 0 spiro atoms. The average Bonchev–Trinajstić information content (AvgIpc) is 2.48. The smallest absolute Gasteiger partial charge is 0.243 e. The van der Waals surface area contributed by atoms with Crippen LogP contribution < -0.4 is 5.32 Å². The van der Waals surface area contributed by atoms with Crippen molar-refractivity contribution >= 4 is 17.5 Å². The van der Waals surface area contributed by atoms with Crippen molar-refractivity contribution in [3.63, 3.8) is 0 Å². The van der Waals surface area contributed by atoms with Crippen LogP contribution in [0.5, 0.6) is 0 Å². The third-order valence-electron chi connectivity index (χ3n) is 2.98. The predicted octanol–water partition coefficient (Wildman–Crippen LogP) is 3.84. The first kappa shape index (κ1) is 13.6. The maximum absolute atomic E-state index is 12.1. The van der Waals surface area contributed by atoms with Gasteiger partial charge in [0.25, 0.3) is 0 Å². The maximum Gasteiger partial charge on any atom is 0.243 e. The van der Waals surface area contributed by atoms with Gasteiger partial charge in [-0.3, -0.25) is 4.79 Å². The molecule has 0 fully saturated rings. The van der Waals surface area contributed by atoms with Crippen LogP contribution in [0.2, 0.25) is 0 Å². The van der Waals surface area contributed by atoms with Crippen molar-refractivity contribution in [2.45, 2.75) is 18.3 Å². The van der Waals surface area contributed by atoms with Crippen LogP contribution in [0.3, 0.4) is 0 Å². The zero-order valence-electron chi connectivity index (χ0n) is 10.7. The molecule has 0 aliphatic rings. The van der Waals surface area contributed by atoms with Crippen LogP contribution in [0.15, 0.2) is 60.7 Å². The molecule has 2 atom stereocenters. The van der Waals surface area contributed by atoms with Gasteiger partial charge in [-0.15, -0.1) is 11.6 Å². The van der Waals surface area contributed by atoms with E-state index in [4.69, 9.17) is 11.6 Å². The molecule has 0 heterocycles. The van der Waals surface area contributed by atoms with Gasteiger partial charge in [0, 0.05) is 0 Å². The molecular weight excluding hydrogens is 258 g/mol. The van der Waals surface area contributed by atoms with Crippen molar-refractivity contribution in [1.82, 2.24) is 5.32 Å². The Labute approximate surface area is 118 Å². The number of benzene rings is 2. The Morgan fingerprint density at radius 3 is 1.95 bits per heavy atom. The molecular formula is C16H16ClNO. The Hall–Kier alpha value is -1.80. The zero-order chi connectivity index (χ0) is 13.7. The van der Waals surface area contributed by atoms with Crippen LogP contribution in [0, 0.1) is 0 Å². The summed E-state index contributed by atoms with van der Waals surface area (Å²) in [6.07, 6.45) is 0. The summed E-state index contributed by atoms with van der Waals surface area (Å²) >= 11 is 6.18. The first-order chi connectivity index (χ1) is 9.18. The number of carbonyl (C=O) groups excluding carboxylic acids is 1. The molecule has 19 heavy (non-hydrogen) atoms. The maximum atomic E-state index is 12.1. The van der Waals surface area contributed by atoms with Crippen molar-refractivity contribution in [1.29, 1.82) is 0 Å². The highest BCUT2D eigenvalue weighted by molar-refractivity contribution is 6.30. The van der Waals surface area contributed by atoms with E-state index >= 15 is 0 Å². The molecule has 0 bridgehead atoms. The lowest BCUT2D eigenvalue weighted by Crippen LogP contribution is -2.29. The minimum Gasteiger partial charge on any atom is -0.348 e. The SMILES string of the molecule is C[C@H](NC(=O)C(Cl)c1ccccc1)c1ccccc1. The quantitative estimate of drug-likeness (QED) is 0.843. The highest BCUT2D eigenvalue weighted by Crippen LogP contribution is 2.21. The molecule has 1 unspecified atom stereocenters. The number of hydrogen-bond donors (Lipinski definition) is 1. The van der Waals surface area contributed by atoms with Gasteiger partial charge in [0.05, 0.1) is 6.04 Å². The van der Waals surface area contributed by atoms with Gasteiger partial charge in [-0.25, -0.2) is 0 Å². The van der Waals surface area contributed by atoms with Crippen LogP contribution >= 0.6 is 11.6 Å². The van der Waals surface area contributed by atoms with Crippen LogP contribution in [0.25, 0.3) is 0 Å². The summed E-state index contributed by atoms with van der Waals surface area (Å²) in [5.74, 6) is -0.177. The summed E-state index contributed by atoms with van der Waals surface area (Å²) in [6.45, 7) is 1.95. The fourth-order valence-electron chi connectivity index (χ4n) is 1.88. The summed E-state index contributed by atoms with van der Waals surface area (Å²) in [5.41, 5.74) is 1.87. The topological polar surface area (TPSA) is 29.1 Å². The minimum atomic E-state index is -0.660. The molecule has 0 aliphatic heterocycles. The first-order valence-corrected chi connectivity index (χ1v) is 6.66. The Bertz CT molecular complexity index is 527. The third kappa shape index (κ3) is 3.58. The summed E-state index contributed by atoms with van der Waals surface area (Å²) in [7, 11) is 0. The molecule has 3 heteroatoms. The molecule has 2 rings (SSSR count). The van der Waals surface area contributed by atoms with E-state index in [1.165, 1.54) is 0 Å². The number of carbonyl (C=O) groups is 1. The summed E-state index contributed by atoms with van der Waals surface area (Å²) < 4.78 is 0. The van der Waals surface area contributed by atoms with Gasteiger partial charge in [0.2, 0.25) is 5.91 Å². The minimum absolute atomic E-state index is 0.0568. The highest BCUT2D eigenvalue weighted by atomic mass is 35.5. The van der Waals surface area contributed by atoms with Crippen molar-refractivity contribution in [3.8, 4) is 0 Å². The van der Waals surface area contributed by atoms with Crippen molar-refractivity contribution in [2.24, 2.45) is 0 Å². The van der Waals surface area contributed by atoms with Gasteiger partial charge < -0.3 is 5.32 Å². The van der Waals surface area contributed by atoms with E-state index < -0.39 is 5.38 Å². The van der Waals surface area contributed by atoms with Crippen LogP contribution in [0.1, 0.15) is 29.5 Å². The van der Waals surface area contributed by atoms with E-state index in [9.17, 15) is 4.79 Å². The number of alkyl halides is 1. The first-order valence-electron chi connectivity index (χ1n) is 6.23. The fraction of sp³-hybridized carbons (Fsp3) is 0.188. The van der Waals surface area contributed by atoms with Crippen molar-refractivity contribution < 1.29 is 4.79 Å². The third-order valence-corrected chi connectivity index (χ3v) is 3.43. The van der Waals surface area contributed by atoms with E-state index in [-0.39, 0.29) is 11.9 Å². The molecule has 0 saturated heterocycles.